The molecule has 17 heavy (non-hydrogen) atoms. The SMILES string of the molecule is CCN1[C@@H]2CC[C@H]1CN(c1ccc(Cl)nn1)C2. The van der Waals surface area contributed by atoms with Crippen molar-refractivity contribution in [3.63, 3.8) is 0 Å². The number of hydrogen-bond acceptors (Lipinski definition) is 4. The number of rotatable bonds is 2. The van der Waals surface area contributed by atoms with Gasteiger partial charge in [-0.15, -0.1) is 10.2 Å². The van der Waals surface area contributed by atoms with Crippen LogP contribution in [0.4, 0.5) is 5.82 Å². The number of fused-ring (bicyclic) bond motifs is 2. The van der Waals surface area contributed by atoms with Crippen LogP contribution in [0.1, 0.15) is 19.8 Å². The van der Waals surface area contributed by atoms with E-state index in [1.165, 1.54) is 12.8 Å². The van der Waals surface area contributed by atoms with E-state index in [1.54, 1.807) is 0 Å². The largest absolute Gasteiger partial charge is 0.352 e. The van der Waals surface area contributed by atoms with Gasteiger partial charge in [-0.05, 0) is 31.5 Å². The standard InChI is InChI=1S/C12H17ClN4/c1-2-17-9-3-4-10(17)8-16(7-9)12-6-5-11(13)14-15-12/h5-6,9-10H,2-4,7-8H2,1H3/t9-,10+. The summed E-state index contributed by atoms with van der Waals surface area (Å²) in [5, 5.41) is 8.56. The van der Waals surface area contributed by atoms with Gasteiger partial charge in [0, 0.05) is 25.2 Å². The van der Waals surface area contributed by atoms with E-state index in [-0.39, 0.29) is 0 Å². The van der Waals surface area contributed by atoms with Gasteiger partial charge in [0.1, 0.15) is 0 Å². The molecule has 2 fully saturated rings. The zero-order chi connectivity index (χ0) is 11.8. The van der Waals surface area contributed by atoms with Crippen LogP contribution in [0.2, 0.25) is 5.15 Å². The molecule has 1 aromatic rings. The molecule has 2 aliphatic rings. The molecule has 0 saturated carbocycles. The Morgan fingerprint density at radius 1 is 1.24 bits per heavy atom. The zero-order valence-corrected chi connectivity index (χ0v) is 10.8. The topological polar surface area (TPSA) is 32.3 Å². The van der Waals surface area contributed by atoms with E-state index < -0.39 is 0 Å². The summed E-state index contributed by atoms with van der Waals surface area (Å²) in [5.74, 6) is 0.960. The first kappa shape index (κ1) is 11.2. The molecule has 3 rings (SSSR count). The number of halogens is 1. The Hall–Kier alpha value is -0.870. The van der Waals surface area contributed by atoms with E-state index in [9.17, 15) is 0 Å². The first-order valence-corrected chi connectivity index (χ1v) is 6.65. The highest BCUT2D eigenvalue weighted by atomic mass is 35.5. The monoisotopic (exact) mass is 252 g/mol. The summed E-state index contributed by atoms with van der Waals surface area (Å²) in [6.45, 7) is 5.56. The Kier molecular flexibility index (Phi) is 2.92. The van der Waals surface area contributed by atoms with Crippen LogP contribution in [0.15, 0.2) is 12.1 Å². The average molecular weight is 253 g/mol. The summed E-state index contributed by atoms with van der Waals surface area (Å²) in [7, 11) is 0. The molecule has 0 aromatic carbocycles. The zero-order valence-electron chi connectivity index (χ0n) is 10.0. The van der Waals surface area contributed by atoms with Crippen LogP contribution in [0, 0.1) is 0 Å². The fourth-order valence-corrected chi connectivity index (χ4v) is 3.27. The molecule has 1 aromatic heterocycles. The third-order valence-corrected chi connectivity index (χ3v) is 4.14. The van der Waals surface area contributed by atoms with Crippen molar-refractivity contribution in [3.05, 3.63) is 17.3 Å². The third kappa shape index (κ3) is 2.00. The number of aromatic nitrogens is 2. The van der Waals surface area contributed by atoms with Crippen molar-refractivity contribution in [1.29, 1.82) is 0 Å². The molecule has 0 spiro atoms. The second-order valence-electron chi connectivity index (χ2n) is 4.83. The number of hydrogen-bond donors (Lipinski definition) is 0. The Labute approximate surface area is 107 Å². The average Bonchev–Trinajstić information content (AvgIpc) is 2.59. The predicted octanol–water partition coefficient (Wildman–Crippen LogP) is 1.80. The van der Waals surface area contributed by atoms with Gasteiger partial charge >= 0.3 is 0 Å². The van der Waals surface area contributed by atoms with Gasteiger partial charge in [0.15, 0.2) is 11.0 Å². The minimum Gasteiger partial charge on any atom is -0.352 e. The molecule has 4 nitrogen and oxygen atoms in total. The second-order valence-corrected chi connectivity index (χ2v) is 5.22. The maximum absolute atomic E-state index is 5.77. The van der Waals surface area contributed by atoms with Gasteiger partial charge in [0.25, 0.3) is 0 Å². The minimum atomic E-state index is 0.462. The molecule has 0 unspecified atom stereocenters. The summed E-state index contributed by atoms with van der Waals surface area (Å²) in [4.78, 5) is 4.97. The summed E-state index contributed by atoms with van der Waals surface area (Å²) < 4.78 is 0. The highest BCUT2D eigenvalue weighted by Crippen LogP contribution is 2.31. The minimum absolute atomic E-state index is 0.462. The van der Waals surface area contributed by atoms with Crippen molar-refractivity contribution in [2.45, 2.75) is 31.8 Å². The predicted molar refractivity (Wildman–Crippen MR) is 68.4 cm³/mol. The van der Waals surface area contributed by atoms with E-state index in [4.69, 9.17) is 11.6 Å². The number of likely N-dealkylation sites (N-methyl/N-ethyl adjacent to an activating group) is 1. The lowest BCUT2D eigenvalue weighted by Gasteiger charge is -2.40. The van der Waals surface area contributed by atoms with E-state index >= 15 is 0 Å². The number of nitrogens with zero attached hydrogens (tertiary/aromatic N) is 4. The lowest BCUT2D eigenvalue weighted by molar-refractivity contribution is 0.178. The summed E-state index contributed by atoms with van der Waals surface area (Å²) in [5.41, 5.74) is 0. The molecule has 5 heteroatoms. The fourth-order valence-electron chi connectivity index (χ4n) is 3.17. The molecule has 0 N–H and O–H groups in total. The Balaban J connectivity index is 1.77. The molecule has 3 heterocycles. The van der Waals surface area contributed by atoms with Crippen molar-refractivity contribution < 1.29 is 0 Å². The molecule has 2 bridgehead atoms. The van der Waals surface area contributed by atoms with E-state index in [0.29, 0.717) is 17.2 Å². The molecule has 0 radical (unpaired) electrons. The quantitative estimate of drug-likeness (QED) is 0.804. The molecule has 0 amide bonds. The van der Waals surface area contributed by atoms with E-state index in [2.05, 4.69) is 26.9 Å². The van der Waals surface area contributed by atoms with Crippen molar-refractivity contribution in [2.24, 2.45) is 0 Å². The van der Waals surface area contributed by atoms with Gasteiger partial charge < -0.3 is 4.90 Å². The summed E-state index contributed by atoms with van der Waals surface area (Å²) in [6, 6.07) is 5.17. The van der Waals surface area contributed by atoms with Gasteiger partial charge in [-0.1, -0.05) is 18.5 Å². The highest BCUT2D eigenvalue weighted by Gasteiger charge is 2.39. The van der Waals surface area contributed by atoms with Crippen LogP contribution in [0.25, 0.3) is 0 Å². The fraction of sp³-hybridized carbons (Fsp3) is 0.667. The van der Waals surface area contributed by atoms with Gasteiger partial charge in [0.2, 0.25) is 0 Å². The smallest absolute Gasteiger partial charge is 0.151 e. The van der Waals surface area contributed by atoms with Gasteiger partial charge in [0.05, 0.1) is 0 Å². The van der Waals surface area contributed by atoms with Crippen molar-refractivity contribution in [3.8, 4) is 0 Å². The lowest BCUT2D eigenvalue weighted by atomic mass is 10.2. The molecule has 2 atom stereocenters. The number of anilines is 1. The maximum Gasteiger partial charge on any atom is 0.151 e. The maximum atomic E-state index is 5.77. The first-order chi connectivity index (χ1) is 8.28. The Morgan fingerprint density at radius 3 is 2.47 bits per heavy atom. The molecular formula is C12H17ClN4. The van der Waals surface area contributed by atoms with Crippen LogP contribution in [-0.2, 0) is 0 Å². The molecule has 92 valence electrons. The van der Waals surface area contributed by atoms with E-state index in [1.807, 2.05) is 12.1 Å². The van der Waals surface area contributed by atoms with Crippen molar-refractivity contribution in [2.75, 3.05) is 24.5 Å². The second kappa shape index (κ2) is 4.42. The first-order valence-electron chi connectivity index (χ1n) is 6.28. The van der Waals surface area contributed by atoms with Crippen LogP contribution >= 0.6 is 11.6 Å². The van der Waals surface area contributed by atoms with E-state index in [0.717, 1.165) is 25.5 Å². The van der Waals surface area contributed by atoms with Crippen molar-refractivity contribution >= 4 is 17.4 Å². The molecular weight excluding hydrogens is 236 g/mol. The van der Waals surface area contributed by atoms with Gasteiger partial charge in [-0.3, -0.25) is 4.90 Å². The van der Waals surface area contributed by atoms with Crippen LogP contribution in [-0.4, -0.2) is 46.8 Å². The Morgan fingerprint density at radius 2 is 1.94 bits per heavy atom. The molecule has 2 aliphatic heterocycles. The summed E-state index contributed by atoms with van der Waals surface area (Å²) >= 11 is 5.77. The summed E-state index contributed by atoms with van der Waals surface area (Å²) in [6.07, 6.45) is 2.63. The molecule has 2 saturated heterocycles. The Bertz CT molecular complexity index is 380. The number of piperazine rings is 1. The van der Waals surface area contributed by atoms with Crippen molar-refractivity contribution in [1.82, 2.24) is 15.1 Å². The van der Waals surface area contributed by atoms with Crippen LogP contribution in [0.3, 0.4) is 0 Å². The highest BCUT2D eigenvalue weighted by molar-refractivity contribution is 6.29. The van der Waals surface area contributed by atoms with Crippen LogP contribution < -0.4 is 4.90 Å². The lowest BCUT2D eigenvalue weighted by Crippen LogP contribution is -2.53. The van der Waals surface area contributed by atoms with Crippen LogP contribution in [0.5, 0.6) is 0 Å². The third-order valence-electron chi connectivity index (χ3n) is 3.94. The normalized spacial score (nSPS) is 28.7. The van der Waals surface area contributed by atoms with Gasteiger partial charge in [-0.2, -0.15) is 0 Å². The molecule has 0 aliphatic carbocycles. The van der Waals surface area contributed by atoms with Gasteiger partial charge in [-0.25, -0.2) is 0 Å².